The van der Waals surface area contributed by atoms with E-state index in [2.05, 4.69) is 15.3 Å². The number of rotatable bonds is 4. The molecular formula is C14H15N3O2. The molecule has 0 aliphatic rings. The van der Waals surface area contributed by atoms with Gasteiger partial charge in [-0.25, -0.2) is 9.78 Å². The number of aromatic carboxylic acids is 1. The fourth-order valence-electron chi connectivity index (χ4n) is 1.85. The quantitative estimate of drug-likeness (QED) is 0.880. The summed E-state index contributed by atoms with van der Waals surface area (Å²) < 4.78 is 0. The maximum atomic E-state index is 11.3. The molecule has 0 bridgehead atoms. The summed E-state index contributed by atoms with van der Waals surface area (Å²) in [6.07, 6.45) is 3.30. The Bertz CT molecular complexity index is 584. The molecule has 0 radical (unpaired) electrons. The molecule has 0 spiro atoms. The van der Waals surface area contributed by atoms with Crippen LogP contribution in [-0.2, 0) is 0 Å². The van der Waals surface area contributed by atoms with Crippen LogP contribution in [-0.4, -0.2) is 21.0 Å². The third-order valence-corrected chi connectivity index (χ3v) is 2.86. The Kier molecular flexibility index (Phi) is 3.75. The van der Waals surface area contributed by atoms with E-state index in [1.54, 1.807) is 25.4 Å². The topological polar surface area (TPSA) is 75.1 Å². The summed E-state index contributed by atoms with van der Waals surface area (Å²) in [5, 5.41) is 12.3. The minimum Gasteiger partial charge on any atom is -0.478 e. The third kappa shape index (κ3) is 2.88. The van der Waals surface area contributed by atoms with Gasteiger partial charge in [-0.15, -0.1) is 0 Å². The first kappa shape index (κ1) is 13.0. The minimum absolute atomic E-state index is 0.117. The predicted molar refractivity (Wildman–Crippen MR) is 72.2 cm³/mol. The number of carboxylic acid groups (broad SMARTS) is 1. The fourth-order valence-corrected chi connectivity index (χ4v) is 1.85. The molecule has 19 heavy (non-hydrogen) atoms. The van der Waals surface area contributed by atoms with Crippen molar-refractivity contribution in [3.63, 3.8) is 0 Å². The van der Waals surface area contributed by atoms with Crippen LogP contribution in [0, 0.1) is 6.92 Å². The first-order valence-electron chi connectivity index (χ1n) is 5.96. The van der Waals surface area contributed by atoms with E-state index in [1.165, 1.54) is 0 Å². The average molecular weight is 257 g/mol. The van der Waals surface area contributed by atoms with Gasteiger partial charge < -0.3 is 10.4 Å². The SMILES string of the molecule is Cc1ccnc(NC(C)c2ccccn2)c1C(=O)O. The molecule has 0 aromatic carbocycles. The molecule has 0 aliphatic heterocycles. The lowest BCUT2D eigenvalue weighted by molar-refractivity contribution is 0.0696. The summed E-state index contributed by atoms with van der Waals surface area (Å²) in [6.45, 7) is 3.67. The van der Waals surface area contributed by atoms with Crippen molar-refractivity contribution in [3.8, 4) is 0 Å². The Labute approximate surface area is 111 Å². The van der Waals surface area contributed by atoms with Gasteiger partial charge >= 0.3 is 5.97 Å². The maximum Gasteiger partial charge on any atom is 0.339 e. The van der Waals surface area contributed by atoms with Crippen LogP contribution in [0.5, 0.6) is 0 Å². The van der Waals surface area contributed by atoms with Gasteiger partial charge in [0.15, 0.2) is 0 Å². The maximum absolute atomic E-state index is 11.3. The molecular weight excluding hydrogens is 242 g/mol. The number of hydrogen-bond donors (Lipinski definition) is 2. The molecule has 2 heterocycles. The van der Waals surface area contributed by atoms with Crippen LogP contribution in [0.2, 0.25) is 0 Å². The molecule has 2 aromatic heterocycles. The standard InChI is InChI=1S/C14H15N3O2/c1-9-6-8-16-13(12(9)14(18)19)17-10(2)11-5-3-4-7-15-11/h3-8,10H,1-2H3,(H,16,17)(H,18,19). The largest absolute Gasteiger partial charge is 0.478 e. The lowest BCUT2D eigenvalue weighted by Crippen LogP contribution is -2.14. The lowest BCUT2D eigenvalue weighted by atomic mass is 10.1. The van der Waals surface area contributed by atoms with Crippen molar-refractivity contribution >= 4 is 11.8 Å². The Balaban J connectivity index is 2.29. The molecule has 1 unspecified atom stereocenters. The van der Waals surface area contributed by atoms with Gasteiger partial charge in [-0.2, -0.15) is 0 Å². The minimum atomic E-state index is -0.985. The van der Waals surface area contributed by atoms with Gasteiger partial charge in [-0.3, -0.25) is 4.98 Å². The summed E-state index contributed by atoms with van der Waals surface area (Å²) in [6, 6.07) is 7.17. The number of hydrogen-bond acceptors (Lipinski definition) is 4. The molecule has 2 N–H and O–H groups in total. The van der Waals surface area contributed by atoms with Gasteiger partial charge in [0.25, 0.3) is 0 Å². The lowest BCUT2D eigenvalue weighted by Gasteiger charge is -2.16. The number of carboxylic acids is 1. The summed E-state index contributed by atoms with van der Waals surface area (Å²) in [5.41, 5.74) is 1.71. The second-order valence-corrected chi connectivity index (χ2v) is 4.28. The molecule has 5 heteroatoms. The molecule has 1 atom stereocenters. The Hall–Kier alpha value is -2.43. The highest BCUT2D eigenvalue weighted by Gasteiger charge is 2.16. The van der Waals surface area contributed by atoms with Gasteiger partial charge in [0.1, 0.15) is 11.4 Å². The number of anilines is 1. The zero-order valence-corrected chi connectivity index (χ0v) is 10.8. The van der Waals surface area contributed by atoms with Crippen molar-refractivity contribution in [3.05, 3.63) is 53.5 Å². The molecule has 0 amide bonds. The predicted octanol–water partition coefficient (Wildman–Crippen LogP) is 2.66. The highest BCUT2D eigenvalue weighted by Crippen LogP contribution is 2.21. The van der Waals surface area contributed by atoms with E-state index in [4.69, 9.17) is 0 Å². The van der Waals surface area contributed by atoms with E-state index in [9.17, 15) is 9.90 Å². The van der Waals surface area contributed by atoms with E-state index in [-0.39, 0.29) is 11.6 Å². The van der Waals surface area contributed by atoms with Crippen LogP contribution in [0.1, 0.15) is 34.6 Å². The van der Waals surface area contributed by atoms with Gasteiger partial charge in [0.05, 0.1) is 11.7 Å². The number of carbonyl (C=O) groups is 1. The summed E-state index contributed by atoms with van der Waals surface area (Å²) in [4.78, 5) is 19.6. The van der Waals surface area contributed by atoms with Crippen LogP contribution < -0.4 is 5.32 Å². The third-order valence-electron chi connectivity index (χ3n) is 2.86. The first-order valence-corrected chi connectivity index (χ1v) is 5.96. The van der Waals surface area contributed by atoms with Crippen molar-refractivity contribution in [2.45, 2.75) is 19.9 Å². The van der Waals surface area contributed by atoms with E-state index in [0.717, 1.165) is 5.69 Å². The number of pyridine rings is 2. The zero-order valence-electron chi connectivity index (χ0n) is 10.8. The van der Waals surface area contributed by atoms with Crippen molar-refractivity contribution in [2.24, 2.45) is 0 Å². The number of aryl methyl sites for hydroxylation is 1. The van der Waals surface area contributed by atoms with Gasteiger partial charge in [0, 0.05) is 12.4 Å². The van der Waals surface area contributed by atoms with Crippen molar-refractivity contribution < 1.29 is 9.90 Å². The molecule has 0 fully saturated rings. The number of aromatic nitrogens is 2. The zero-order chi connectivity index (χ0) is 13.8. The van der Waals surface area contributed by atoms with Crippen LogP contribution in [0.4, 0.5) is 5.82 Å². The highest BCUT2D eigenvalue weighted by molar-refractivity contribution is 5.94. The monoisotopic (exact) mass is 257 g/mol. The fraction of sp³-hybridized carbons (Fsp3) is 0.214. The Morgan fingerprint density at radius 2 is 2.05 bits per heavy atom. The molecule has 2 rings (SSSR count). The Morgan fingerprint density at radius 3 is 2.68 bits per heavy atom. The van der Waals surface area contributed by atoms with Gasteiger partial charge in [-0.05, 0) is 37.6 Å². The average Bonchev–Trinajstić information content (AvgIpc) is 2.39. The molecule has 0 aliphatic carbocycles. The van der Waals surface area contributed by atoms with Crippen LogP contribution in [0.15, 0.2) is 36.7 Å². The molecule has 2 aromatic rings. The van der Waals surface area contributed by atoms with Crippen LogP contribution >= 0.6 is 0 Å². The van der Waals surface area contributed by atoms with Crippen molar-refractivity contribution in [2.75, 3.05) is 5.32 Å². The van der Waals surface area contributed by atoms with Gasteiger partial charge in [0.2, 0.25) is 0 Å². The van der Waals surface area contributed by atoms with E-state index in [1.807, 2.05) is 25.1 Å². The first-order chi connectivity index (χ1) is 9.09. The smallest absolute Gasteiger partial charge is 0.339 e. The molecule has 98 valence electrons. The highest BCUT2D eigenvalue weighted by atomic mass is 16.4. The van der Waals surface area contributed by atoms with E-state index >= 15 is 0 Å². The second-order valence-electron chi connectivity index (χ2n) is 4.28. The summed E-state index contributed by atoms with van der Waals surface area (Å²) in [7, 11) is 0. The molecule has 0 saturated heterocycles. The van der Waals surface area contributed by atoms with Gasteiger partial charge in [-0.1, -0.05) is 6.07 Å². The second kappa shape index (κ2) is 5.48. The van der Waals surface area contributed by atoms with Crippen molar-refractivity contribution in [1.82, 2.24) is 9.97 Å². The van der Waals surface area contributed by atoms with Crippen LogP contribution in [0.25, 0.3) is 0 Å². The molecule has 0 saturated carbocycles. The number of nitrogens with zero attached hydrogens (tertiary/aromatic N) is 2. The Morgan fingerprint density at radius 1 is 1.26 bits per heavy atom. The van der Waals surface area contributed by atoms with E-state index < -0.39 is 5.97 Å². The van der Waals surface area contributed by atoms with Crippen molar-refractivity contribution in [1.29, 1.82) is 0 Å². The summed E-state index contributed by atoms with van der Waals surface area (Å²) in [5.74, 6) is -0.619. The molecule has 5 nitrogen and oxygen atoms in total. The summed E-state index contributed by atoms with van der Waals surface area (Å²) >= 11 is 0. The van der Waals surface area contributed by atoms with Crippen LogP contribution in [0.3, 0.4) is 0 Å². The van der Waals surface area contributed by atoms with E-state index in [0.29, 0.717) is 11.4 Å². The normalized spacial score (nSPS) is 11.9. The number of nitrogens with one attached hydrogen (secondary N) is 1.